The second-order valence-corrected chi connectivity index (χ2v) is 4.60. The van der Waals surface area contributed by atoms with Gasteiger partial charge in [0, 0.05) is 6.20 Å². The molecule has 1 aromatic carbocycles. The molecule has 0 atom stereocenters. The SMILES string of the molecule is Cc1ccc(Oc2ncccc2C(N)=S)c(Cl)c1. The van der Waals surface area contributed by atoms with E-state index in [2.05, 4.69) is 4.98 Å². The summed E-state index contributed by atoms with van der Waals surface area (Å²) < 4.78 is 5.65. The summed E-state index contributed by atoms with van der Waals surface area (Å²) in [7, 11) is 0. The number of ether oxygens (including phenoxy) is 1. The van der Waals surface area contributed by atoms with Crippen molar-refractivity contribution >= 4 is 28.8 Å². The molecule has 92 valence electrons. The van der Waals surface area contributed by atoms with Crippen molar-refractivity contribution in [2.45, 2.75) is 6.92 Å². The second kappa shape index (κ2) is 5.33. The summed E-state index contributed by atoms with van der Waals surface area (Å²) >= 11 is 11.0. The quantitative estimate of drug-likeness (QED) is 0.874. The lowest BCUT2D eigenvalue weighted by Gasteiger charge is -2.10. The molecule has 0 aliphatic heterocycles. The smallest absolute Gasteiger partial charge is 0.229 e. The van der Waals surface area contributed by atoms with Crippen LogP contribution in [0.15, 0.2) is 36.5 Å². The molecule has 0 saturated heterocycles. The van der Waals surface area contributed by atoms with E-state index >= 15 is 0 Å². The topological polar surface area (TPSA) is 48.1 Å². The highest BCUT2D eigenvalue weighted by molar-refractivity contribution is 7.80. The van der Waals surface area contributed by atoms with Crippen LogP contribution < -0.4 is 10.5 Å². The van der Waals surface area contributed by atoms with Crippen LogP contribution in [-0.4, -0.2) is 9.97 Å². The molecule has 0 unspecified atom stereocenters. The summed E-state index contributed by atoms with van der Waals surface area (Å²) in [6.07, 6.45) is 1.61. The molecule has 18 heavy (non-hydrogen) atoms. The number of benzene rings is 1. The van der Waals surface area contributed by atoms with Gasteiger partial charge in [-0.2, -0.15) is 0 Å². The lowest BCUT2D eigenvalue weighted by molar-refractivity contribution is 0.462. The van der Waals surface area contributed by atoms with Crippen molar-refractivity contribution in [2.75, 3.05) is 0 Å². The van der Waals surface area contributed by atoms with Gasteiger partial charge in [-0.05, 0) is 36.8 Å². The summed E-state index contributed by atoms with van der Waals surface area (Å²) in [6, 6.07) is 9.02. The van der Waals surface area contributed by atoms with Crippen LogP contribution in [0.3, 0.4) is 0 Å². The van der Waals surface area contributed by atoms with E-state index in [1.165, 1.54) is 0 Å². The highest BCUT2D eigenvalue weighted by atomic mass is 35.5. The van der Waals surface area contributed by atoms with E-state index in [9.17, 15) is 0 Å². The summed E-state index contributed by atoms with van der Waals surface area (Å²) in [5, 5.41) is 0.523. The minimum absolute atomic E-state index is 0.237. The maximum Gasteiger partial charge on any atom is 0.229 e. The van der Waals surface area contributed by atoms with E-state index in [1.807, 2.05) is 19.1 Å². The number of pyridine rings is 1. The summed E-state index contributed by atoms with van der Waals surface area (Å²) in [6.45, 7) is 1.96. The third-order valence-corrected chi connectivity index (χ3v) is 2.85. The van der Waals surface area contributed by atoms with E-state index in [-0.39, 0.29) is 4.99 Å². The van der Waals surface area contributed by atoms with Crippen molar-refractivity contribution in [1.82, 2.24) is 4.98 Å². The van der Waals surface area contributed by atoms with Crippen molar-refractivity contribution < 1.29 is 4.74 Å². The summed E-state index contributed by atoms with van der Waals surface area (Å²) in [5.41, 5.74) is 7.25. The molecule has 0 fully saturated rings. The third kappa shape index (κ3) is 2.78. The Bertz CT molecular complexity index is 601. The van der Waals surface area contributed by atoms with Gasteiger partial charge in [-0.1, -0.05) is 29.9 Å². The van der Waals surface area contributed by atoms with Gasteiger partial charge >= 0.3 is 0 Å². The highest BCUT2D eigenvalue weighted by Crippen LogP contribution is 2.30. The molecule has 5 heteroatoms. The molecule has 0 radical (unpaired) electrons. The third-order valence-electron chi connectivity index (χ3n) is 2.33. The van der Waals surface area contributed by atoms with Gasteiger partial charge in [0.05, 0.1) is 10.6 Å². The molecule has 3 nitrogen and oxygen atoms in total. The summed E-state index contributed by atoms with van der Waals surface area (Å²) in [5.74, 6) is 0.884. The van der Waals surface area contributed by atoms with E-state index < -0.39 is 0 Å². The number of aromatic nitrogens is 1. The van der Waals surface area contributed by atoms with Gasteiger partial charge in [0.15, 0.2) is 0 Å². The largest absolute Gasteiger partial charge is 0.437 e. The molecule has 1 heterocycles. The lowest BCUT2D eigenvalue weighted by Crippen LogP contribution is -2.11. The predicted molar refractivity (Wildman–Crippen MR) is 76.4 cm³/mol. The molecule has 2 aromatic rings. The molecule has 2 N–H and O–H groups in total. The Labute approximate surface area is 116 Å². The van der Waals surface area contributed by atoms with Crippen LogP contribution >= 0.6 is 23.8 Å². The molecule has 0 amide bonds. The van der Waals surface area contributed by atoms with E-state index in [0.717, 1.165) is 5.56 Å². The molecule has 0 bridgehead atoms. The molecule has 1 aromatic heterocycles. The average Bonchev–Trinajstić information content (AvgIpc) is 2.33. The van der Waals surface area contributed by atoms with Gasteiger partial charge in [-0.3, -0.25) is 0 Å². The molecule has 0 spiro atoms. The molecule has 2 rings (SSSR count). The van der Waals surface area contributed by atoms with Crippen molar-refractivity contribution in [3.63, 3.8) is 0 Å². The number of halogens is 1. The minimum Gasteiger partial charge on any atom is -0.437 e. The Morgan fingerprint density at radius 2 is 2.17 bits per heavy atom. The average molecular weight is 279 g/mol. The van der Waals surface area contributed by atoms with E-state index in [0.29, 0.717) is 22.2 Å². The zero-order valence-electron chi connectivity index (χ0n) is 9.68. The first-order chi connectivity index (χ1) is 8.58. The zero-order chi connectivity index (χ0) is 13.1. The van der Waals surface area contributed by atoms with Crippen LogP contribution in [0.1, 0.15) is 11.1 Å². The maximum atomic E-state index is 6.09. The Morgan fingerprint density at radius 3 is 2.83 bits per heavy atom. The zero-order valence-corrected chi connectivity index (χ0v) is 11.3. The van der Waals surface area contributed by atoms with Crippen LogP contribution in [0.25, 0.3) is 0 Å². The number of hydrogen-bond donors (Lipinski definition) is 1. The fraction of sp³-hybridized carbons (Fsp3) is 0.0769. The predicted octanol–water partition coefficient (Wildman–Crippen LogP) is 3.47. The molecule has 0 saturated carbocycles. The normalized spacial score (nSPS) is 10.1. The molecule has 0 aliphatic rings. The van der Waals surface area contributed by atoms with Gasteiger partial charge in [0.1, 0.15) is 10.7 Å². The fourth-order valence-corrected chi connectivity index (χ4v) is 1.88. The first-order valence-corrected chi connectivity index (χ1v) is 6.05. The lowest BCUT2D eigenvalue weighted by atomic mass is 10.2. The van der Waals surface area contributed by atoms with E-state index in [1.54, 1.807) is 24.4 Å². The Balaban J connectivity index is 2.37. The first-order valence-electron chi connectivity index (χ1n) is 5.27. The monoisotopic (exact) mass is 278 g/mol. The fourth-order valence-electron chi connectivity index (χ4n) is 1.45. The molecular formula is C13H11ClN2OS. The second-order valence-electron chi connectivity index (χ2n) is 3.76. The van der Waals surface area contributed by atoms with Crippen molar-refractivity contribution in [3.05, 3.63) is 52.7 Å². The van der Waals surface area contributed by atoms with Crippen LogP contribution in [-0.2, 0) is 0 Å². The van der Waals surface area contributed by atoms with Crippen LogP contribution in [0.4, 0.5) is 0 Å². The number of aryl methyl sites for hydroxylation is 1. The number of hydrogen-bond acceptors (Lipinski definition) is 3. The number of nitrogens with zero attached hydrogens (tertiary/aromatic N) is 1. The summed E-state index contributed by atoms with van der Waals surface area (Å²) in [4.78, 5) is 4.35. The Hall–Kier alpha value is -1.65. The van der Waals surface area contributed by atoms with Crippen LogP contribution in [0.5, 0.6) is 11.6 Å². The Morgan fingerprint density at radius 1 is 1.39 bits per heavy atom. The van der Waals surface area contributed by atoms with Gasteiger partial charge in [-0.25, -0.2) is 4.98 Å². The van der Waals surface area contributed by atoms with Gasteiger partial charge in [0.2, 0.25) is 5.88 Å². The van der Waals surface area contributed by atoms with Gasteiger partial charge in [0.25, 0.3) is 0 Å². The highest BCUT2D eigenvalue weighted by Gasteiger charge is 2.10. The molecule has 0 aliphatic carbocycles. The molecular weight excluding hydrogens is 268 g/mol. The van der Waals surface area contributed by atoms with E-state index in [4.69, 9.17) is 34.3 Å². The van der Waals surface area contributed by atoms with Crippen molar-refractivity contribution in [1.29, 1.82) is 0 Å². The minimum atomic E-state index is 0.237. The van der Waals surface area contributed by atoms with Gasteiger partial charge in [-0.15, -0.1) is 0 Å². The number of rotatable bonds is 3. The Kier molecular flexibility index (Phi) is 3.79. The first kappa shape index (κ1) is 12.8. The standard InChI is InChI=1S/C13H11ClN2OS/c1-8-4-5-11(10(14)7-8)17-13-9(12(15)18)3-2-6-16-13/h2-7H,1H3,(H2,15,18). The number of thiocarbonyl (C=S) groups is 1. The van der Waals surface area contributed by atoms with Crippen LogP contribution in [0.2, 0.25) is 5.02 Å². The van der Waals surface area contributed by atoms with Crippen molar-refractivity contribution in [3.8, 4) is 11.6 Å². The number of nitrogens with two attached hydrogens (primary N) is 1. The van der Waals surface area contributed by atoms with Crippen molar-refractivity contribution in [2.24, 2.45) is 5.73 Å². The van der Waals surface area contributed by atoms with Crippen LogP contribution in [0, 0.1) is 6.92 Å². The van der Waals surface area contributed by atoms with Gasteiger partial charge < -0.3 is 10.5 Å². The maximum absolute atomic E-state index is 6.09.